The van der Waals surface area contributed by atoms with Crippen LogP contribution in [-0.4, -0.2) is 57.0 Å². The molecule has 1 aromatic heterocycles. The van der Waals surface area contributed by atoms with Crippen LogP contribution in [0.2, 0.25) is 0 Å². The van der Waals surface area contributed by atoms with Gasteiger partial charge in [0.05, 0.1) is 12.7 Å². The molecule has 2 heterocycles. The third-order valence-electron chi connectivity index (χ3n) is 4.13. The molecule has 0 amide bonds. The second-order valence-corrected chi connectivity index (χ2v) is 6.04. The minimum atomic E-state index is 0.309. The Hall–Kier alpha value is -1.66. The summed E-state index contributed by atoms with van der Waals surface area (Å²) in [7, 11) is 1.79. The molecule has 6 heteroatoms. The predicted molar refractivity (Wildman–Crippen MR) is 96.5 cm³/mol. The van der Waals surface area contributed by atoms with Crippen molar-refractivity contribution in [2.24, 2.45) is 4.99 Å². The van der Waals surface area contributed by atoms with E-state index in [1.807, 2.05) is 12.4 Å². The number of rotatable bonds is 9. The minimum absolute atomic E-state index is 0.309. The number of aryl methyl sites for hydroxylation is 1. The fourth-order valence-electron chi connectivity index (χ4n) is 2.69. The Morgan fingerprint density at radius 1 is 1.42 bits per heavy atom. The van der Waals surface area contributed by atoms with Crippen LogP contribution < -0.4 is 10.6 Å². The third-order valence-corrected chi connectivity index (χ3v) is 4.13. The zero-order valence-corrected chi connectivity index (χ0v) is 14.9. The molecular weight excluding hydrogens is 304 g/mol. The fourth-order valence-corrected chi connectivity index (χ4v) is 2.69. The Kier molecular flexibility index (Phi) is 8.55. The van der Waals surface area contributed by atoms with Crippen LogP contribution in [0.1, 0.15) is 30.4 Å². The summed E-state index contributed by atoms with van der Waals surface area (Å²) in [5, 5.41) is 6.65. The van der Waals surface area contributed by atoms with Crippen molar-refractivity contribution in [1.82, 2.24) is 15.6 Å². The molecule has 0 saturated carbocycles. The third kappa shape index (κ3) is 6.84. The normalized spacial score (nSPS) is 17.9. The average molecular weight is 334 g/mol. The summed E-state index contributed by atoms with van der Waals surface area (Å²) >= 11 is 0. The van der Waals surface area contributed by atoms with E-state index in [9.17, 15) is 0 Å². The number of nitrogens with zero attached hydrogens (tertiary/aromatic N) is 2. The van der Waals surface area contributed by atoms with Gasteiger partial charge in [-0.2, -0.15) is 0 Å². The predicted octanol–water partition coefficient (Wildman–Crippen LogP) is 1.68. The minimum Gasteiger partial charge on any atom is -0.379 e. The van der Waals surface area contributed by atoms with E-state index in [1.165, 1.54) is 11.1 Å². The van der Waals surface area contributed by atoms with Crippen LogP contribution in [-0.2, 0) is 15.9 Å². The highest BCUT2D eigenvalue weighted by atomic mass is 16.5. The number of hydrogen-bond donors (Lipinski definition) is 2. The number of aromatic nitrogens is 1. The van der Waals surface area contributed by atoms with Crippen molar-refractivity contribution in [3.05, 3.63) is 29.6 Å². The molecule has 6 nitrogen and oxygen atoms in total. The lowest BCUT2D eigenvalue weighted by atomic mass is 10.1. The number of guanidine groups is 1. The first kappa shape index (κ1) is 18.7. The highest BCUT2D eigenvalue weighted by molar-refractivity contribution is 5.79. The molecule has 2 rings (SSSR count). The first-order valence-corrected chi connectivity index (χ1v) is 8.83. The van der Waals surface area contributed by atoms with Crippen molar-refractivity contribution in [3.63, 3.8) is 0 Å². The van der Waals surface area contributed by atoms with Gasteiger partial charge in [-0.05, 0) is 49.8 Å². The SMILES string of the molecule is CN=C(NCCCOCC1CCCO1)NCCc1ccncc1C. The van der Waals surface area contributed by atoms with Gasteiger partial charge in [0.2, 0.25) is 0 Å². The Morgan fingerprint density at radius 2 is 2.29 bits per heavy atom. The Bertz CT molecular complexity index is 502. The standard InChI is InChI=1S/C18H30N4O2/c1-15-13-20-9-6-16(15)7-10-22-18(19-2)21-8-4-11-23-14-17-5-3-12-24-17/h6,9,13,17H,3-5,7-8,10-12,14H2,1-2H3,(H2,19,21,22). The summed E-state index contributed by atoms with van der Waals surface area (Å²) in [6, 6.07) is 2.07. The second kappa shape index (κ2) is 11.0. The molecule has 0 aromatic carbocycles. The molecule has 1 atom stereocenters. The fraction of sp³-hybridized carbons (Fsp3) is 0.667. The van der Waals surface area contributed by atoms with Crippen molar-refractivity contribution in [3.8, 4) is 0 Å². The number of ether oxygens (including phenoxy) is 2. The molecule has 0 bridgehead atoms. The number of aliphatic imine (C=N–C) groups is 1. The summed E-state index contributed by atoms with van der Waals surface area (Å²) in [5.41, 5.74) is 2.54. The molecule has 1 saturated heterocycles. The molecule has 1 aromatic rings. The van der Waals surface area contributed by atoms with E-state index in [4.69, 9.17) is 9.47 Å². The lowest BCUT2D eigenvalue weighted by molar-refractivity contribution is 0.0168. The van der Waals surface area contributed by atoms with Crippen molar-refractivity contribution in [2.45, 2.75) is 38.7 Å². The van der Waals surface area contributed by atoms with Gasteiger partial charge in [0.1, 0.15) is 0 Å². The van der Waals surface area contributed by atoms with E-state index in [1.54, 1.807) is 7.05 Å². The maximum absolute atomic E-state index is 5.65. The van der Waals surface area contributed by atoms with Crippen molar-refractivity contribution in [2.75, 3.05) is 40.0 Å². The van der Waals surface area contributed by atoms with Gasteiger partial charge >= 0.3 is 0 Å². The smallest absolute Gasteiger partial charge is 0.190 e. The average Bonchev–Trinajstić information content (AvgIpc) is 3.11. The van der Waals surface area contributed by atoms with Gasteiger partial charge in [-0.3, -0.25) is 9.98 Å². The van der Waals surface area contributed by atoms with Gasteiger partial charge in [-0.1, -0.05) is 0 Å². The molecule has 2 N–H and O–H groups in total. The first-order chi connectivity index (χ1) is 11.8. The van der Waals surface area contributed by atoms with E-state index in [0.717, 1.165) is 64.6 Å². The van der Waals surface area contributed by atoms with Gasteiger partial charge < -0.3 is 20.1 Å². The quantitative estimate of drug-likeness (QED) is 0.409. The molecule has 0 aliphatic carbocycles. The summed E-state index contributed by atoms with van der Waals surface area (Å²) in [6.07, 6.45) is 8.26. The van der Waals surface area contributed by atoms with Crippen molar-refractivity contribution >= 4 is 5.96 Å². The van der Waals surface area contributed by atoms with Gasteiger partial charge in [0.25, 0.3) is 0 Å². The Balaban J connectivity index is 1.51. The van der Waals surface area contributed by atoms with Gasteiger partial charge in [-0.25, -0.2) is 0 Å². The van der Waals surface area contributed by atoms with E-state index in [-0.39, 0.29) is 0 Å². The number of pyridine rings is 1. The Morgan fingerprint density at radius 3 is 3.04 bits per heavy atom. The van der Waals surface area contributed by atoms with Gasteiger partial charge in [-0.15, -0.1) is 0 Å². The monoisotopic (exact) mass is 334 g/mol. The van der Waals surface area contributed by atoms with Gasteiger partial charge in [0, 0.05) is 45.7 Å². The highest BCUT2D eigenvalue weighted by Crippen LogP contribution is 2.11. The van der Waals surface area contributed by atoms with Crippen molar-refractivity contribution in [1.29, 1.82) is 0 Å². The number of hydrogen-bond acceptors (Lipinski definition) is 4. The van der Waals surface area contributed by atoms with E-state index >= 15 is 0 Å². The van der Waals surface area contributed by atoms with E-state index in [0.29, 0.717) is 6.10 Å². The van der Waals surface area contributed by atoms with E-state index < -0.39 is 0 Å². The summed E-state index contributed by atoms with van der Waals surface area (Å²) in [6.45, 7) is 6.14. The van der Waals surface area contributed by atoms with Crippen LogP contribution in [0.4, 0.5) is 0 Å². The zero-order chi connectivity index (χ0) is 17.0. The molecule has 24 heavy (non-hydrogen) atoms. The summed E-state index contributed by atoms with van der Waals surface area (Å²) < 4.78 is 11.2. The molecule has 134 valence electrons. The molecular formula is C18H30N4O2. The summed E-state index contributed by atoms with van der Waals surface area (Å²) in [4.78, 5) is 8.36. The van der Waals surface area contributed by atoms with Crippen LogP contribution in [0.25, 0.3) is 0 Å². The zero-order valence-electron chi connectivity index (χ0n) is 14.9. The molecule has 1 fully saturated rings. The first-order valence-electron chi connectivity index (χ1n) is 8.83. The second-order valence-electron chi connectivity index (χ2n) is 6.04. The van der Waals surface area contributed by atoms with Crippen LogP contribution in [0.15, 0.2) is 23.5 Å². The van der Waals surface area contributed by atoms with Crippen LogP contribution in [0.5, 0.6) is 0 Å². The maximum Gasteiger partial charge on any atom is 0.190 e. The lowest BCUT2D eigenvalue weighted by Gasteiger charge is -2.13. The van der Waals surface area contributed by atoms with Crippen LogP contribution >= 0.6 is 0 Å². The molecule has 0 radical (unpaired) electrons. The van der Waals surface area contributed by atoms with E-state index in [2.05, 4.69) is 33.6 Å². The molecule has 1 aliphatic rings. The van der Waals surface area contributed by atoms with Crippen molar-refractivity contribution < 1.29 is 9.47 Å². The number of nitrogens with one attached hydrogen (secondary N) is 2. The topological polar surface area (TPSA) is 67.8 Å². The molecule has 1 unspecified atom stereocenters. The van der Waals surface area contributed by atoms with Crippen LogP contribution in [0, 0.1) is 6.92 Å². The summed E-state index contributed by atoms with van der Waals surface area (Å²) in [5.74, 6) is 0.834. The van der Waals surface area contributed by atoms with Crippen LogP contribution in [0.3, 0.4) is 0 Å². The van der Waals surface area contributed by atoms with Gasteiger partial charge in [0.15, 0.2) is 5.96 Å². The lowest BCUT2D eigenvalue weighted by Crippen LogP contribution is -2.39. The molecule has 0 spiro atoms. The maximum atomic E-state index is 5.65. The largest absolute Gasteiger partial charge is 0.379 e. The Labute approximate surface area is 145 Å². The molecule has 1 aliphatic heterocycles. The highest BCUT2D eigenvalue weighted by Gasteiger charge is 2.14.